The topological polar surface area (TPSA) is 47.7 Å². The summed E-state index contributed by atoms with van der Waals surface area (Å²) >= 11 is 0. The molecule has 0 aliphatic rings. The fourth-order valence-corrected chi connectivity index (χ4v) is 2.08. The molecule has 0 radical (unpaired) electrons. The summed E-state index contributed by atoms with van der Waals surface area (Å²) in [6.07, 6.45) is 5.86. The fraction of sp³-hybridized carbons (Fsp3) is 0.200. The van der Waals surface area contributed by atoms with E-state index in [1.165, 1.54) is 5.56 Å². The molecule has 0 saturated carbocycles. The first-order chi connectivity index (χ1) is 9.81. The monoisotopic (exact) mass is 267 g/mol. The Kier molecular flexibility index (Phi) is 3.60. The second kappa shape index (κ2) is 5.71. The molecule has 0 amide bonds. The minimum atomic E-state index is 0.745. The van der Waals surface area contributed by atoms with E-state index in [9.17, 15) is 0 Å². The summed E-state index contributed by atoms with van der Waals surface area (Å²) in [7, 11) is 1.92. The van der Waals surface area contributed by atoms with Crippen LogP contribution in [0, 0.1) is 0 Å². The molecule has 0 spiro atoms. The SMILES string of the molecule is Cn1cc(CNCc2ccn(-c3ccccc3)n2)cn1. The zero-order valence-corrected chi connectivity index (χ0v) is 11.4. The van der Waals surface area contributed by atoms with Gasteiger partial charge in [0.2, 0.25) is 0 Å². The van der Waals surface area contributed by atoms with Crippen LogP contribution in [0.3, 0.4) is 0 Å². The lowest BCUT2D eigenvalue weighted by Gasteiger charge is -2.01. The molecule has 5 heteroatoms. The first-order valence-electron chi connectivity index (χ1n) is 6.59. The number of rotatable bonds is 5. The van der Waals surface area contributed by atoms with Crippen LogP contribution < -0.4 is 5.32 Å². The third-order valence-electron chi connectivity index (χ3n) is 3.06. The molecule has 0 atom stereocenters. The molecule has 2 aromatic heterocycles. The van der Waals surface area contributed by atoms with Gasteiger partial charge in [-0.3, -0.25) is 4.68 Å². The number of nitrogens with one attached hydrogen (secondary N) is 1. The minimum absolute atomic E-state index is 0.745. The summed E-state index contributed by atoms with van der Waals surface area (Å²) < 4.78 is 3.70. The molecule has 2 heterocycles. The normalized spacial score (nSPS) is 10.8. The molecule has 0 aliphatic carbocycles. The summed E-state index contributed by atoms with van der Waals surface area (Å²) in [5, 5.41) is 12.1. The van der Waals surface area contributed by atoms with Crippen molar-refractivity contribution in [3.63, 3.8) is 0 Å². The second-order valence-corrected chi connectivity index (χ2v) is 4.71. The van der Waals surface area contributed by atoms with E-state index in [4.69, 9.17) is 0 Å². The van der Waals surface area contributed by atoms with Crippen molar-refractivity contribution in [2.24, 2.45) is 7.05 Å². The van der Waals surface area contributed by atoms with Gasteiger partial charge in [-0.25, -0.2) is 4.68 Å². The Morgan fingerprint density at radius 1 is 1.10 bits per heavy atom. The Labute approximate surface area is 117 Å². The first kappa shape index (κ1) is 12.6. The van der Waals surface area contributed by atoms with Gasteiger partial charge in [0, 0.05) is 38.1 Å². The molecule has 3 rings (SSSR count). The van der Waals surface area contributed by atoms with E-state index < -0.39 is 0 Å². The standard InChI is InChI=1S/C15H17N5/c1-19-12-13(10-17-19)9-16-11-14-7-8-20(18-14)15-5-3-2-4-6-15/h2-8,10,12,16H,9,11H2,1H3. The molecule has 20 heavy (non-hydrogen) atoms. The van der Waals surface area contributed by atoms with Gasteiger partial charge in [-0.1, -0.05) is 18.2 Å². The van der Waals surface area contributed by atoms with Gasteiger partial charge in [-0.05, 0) is 18.2 Å². The predicted octanol–water partition coefficient (Wildman–Crippen LogP) is 1.90. The molecule has 1 aromatic carbocycles. The maximum Gasteiger partial charge on any atom is 0.0766 e. The van der Waals surface area contributed by atoms with E-state index in [1.807, 2.05) is 66.7 Å². The lowest BCUT2D eigenvalue weighted by molar-refractivity contribution is 0.668. The van der Waals surface area contributed by atoms with Crippen molar-refractivity contribution in [1.82, 2.24) is 24.9 Å². The van der Waals surface area contributed by atoms with Crippen LogP contribution in [-0.4, -0.2) is 19.6 Å². The van der Waals surface area contributed by atoms with Crippen LogP contribution in [0.15, 0.2) is 55.0 Å². The molecule has 1 N–H and O–H groups in total. The molecule has 0 aliphatic heterocycles. The van der Waals surface area contributed by atoms with Crippen LogP contribution in [0.2, 0.25) is 0 Å². The summed E-state index contributed by atoms with van der Waals surface area (Å²) in [5.41, 5.74) is 3.28. The van der Waals surface area contributed by atoms with E-state index in [0.717, 1.165) is 24.5 Å². The molecule has 0 saturated heterocycles. The molecular formula is C15H17N5. The summed E-state index contributed by atoms with van der Waals surface area (Å²) in [5.74, 6) is 0. The van der Waals surface area contributed by atoms with Crippen LogP contribution in [-0.2, 0) is 20.1 Å². The number of aryl methyl sites for hydroxylation is 1. The maximum absolute atomic E-state index is 4.55. The van der Waals surface area contributed by atoms with Crippen molar-refractivity contribution in [2.45, 2.75) is 13.1 Å². The Hall–Kier alpha value is -2.40. The average Bonchev–Trinajstić information content (AvgIpc) is 3.09. The number of para-hydroxylation sites is 1. The Morgan fingerprint density at radius 3 is 2.70 bits per heavy atom. The zero-order chi connectivity index (χ0) is 13.8. The molecular weight excluding hydrogens is 250 g/mol. The van der Waals surface area contributed by atoms with Crippen LogP contribution in [0.5, 0.6) is 0 Å². The summed E-state index contributed by atoms with van der Waals surface area (Å²) in [4.78, 5) is 0. The van der Waals surface area contributed by atoms with Gasteiger partial charge in [0.1, 0.15) is 0 Å². The van der Waals surface area contributed by atoms with Crippen LogP contribution in [0.25, 0.3) is 5.69 Å². The van der Waals surface area contributed by atoms with Gasteiger partial charge in [0.05, 0.1) is 17.6 Å². The van der Waals surface area contributed by atoms with Gasteiger partial charge in [-0.15, -0.1) is 0 Å². The fourth-order valence-electron chi connectivity index (χ4n) is 2.08. The van der Waals surface area contributed by atoms with Crippen molar-refractivity contribution < 1.29 is 0 Å². The predicted molar refractivity (Wildman–Crippen MR) is 77.3 cm³/mol. The molecule has 5 nitrogen and oxygen atoms in total. The third kappa shape index (κ3) is 2.95. The third-order valence-corrected chi connectivity index (χ3v) is 3.06. The van der Waals surface area contributed by atoms with Crippen molar-refractivity contribution in [1.29, 1.82) is 0 Å². The van der Waals surface area contributed by atoms with Gasteiger partial charge in [-0.2, -0.15) is 10.2 Å². The van der Waals surface area contributed by atoms with Crippen molar-refractivity contribution >= 4 is 0 Å². The maximum atomic E-state index is 4.55. The van der Waals surface area contributed by atoms with E-state index in [0.29, 0.717) is 0 Å². The van der Waals surface area contributed by atoms with Crippen molar-refractivity contribution in [2.75, 3.05) is 0 Å². The number of benzene rings is 1. The highest BCUT2D eigenvalue weighted by molar-refractivity contribution is 5.30. The van der Waals surface area contributed by atoms with Crippen molar-refractivity contribution in [3.8, 4) is 5.69 Å². The van der Waals surface area contributed by atoms with E-state index in [1.54, 1.807) is 4.68 Å². The number of hydrogen-bond acceptors (Lipinski definition) is 3. The first-order valence-corrected chi connectivity index (χ1v) is 6.59. The number of nitrogens with zero attached hydrogens (tertiary/aromatic N) is 4. The molecule has 0 bridgehead atoms. The number of hydrogen-bond donors (Lipinski definition) is 1. The van der Waals surface area contributed by atoms with Gasteiger partial charge < -0.3 is 5.32 Å². The quantitative estimate of drug-likeness (QED) is 0.768. The molecule has 0 unspecified atom stereocenters. The van der Waals surface area contributed by atoms with Crippen LogP contribution in [0.4, 0.5) is 0 Å². The Bertz CT molecular complexity index is 668. The zero-order valence-electron chi connectivity index (χ0n) is 11.4. The average molecular weight is 267 g/mol. The summed E-state index contributed by atoms with van der Waals surface area (Å²) in [6.45, 7) is 1.54. The van der Waals surface area contributed by atoms with Gasteiger partial charge in [0.25, 0.3) is 0 Å². The highest BCUT2D eigenvalue weighted by Crippen LogP contribution is 2.06. The molecule has 102 valence electrons. The van der Waals surface area contributed by atoms with Crippen molar-refractivity contribution in [3.05, 3.63) is 66.2 Å². The lowest BCUT2D eigenvalue weighted by Crippen LogP contribution is -2.13. The van der Waals surface area contributed by atoms with Crippen LogP contribution >= 0.6 is 0 Å². The second-order valence-electron chi connectivity index (χ2n) is 4.71. The van der Waals surface area contributed by atoms with E-state index in [-0.39, 0.29) is 0 Å². The smallest absolute Gasteiger partial charge is 0.0766 e. The van der Waals surface area contributed by atoms with Gasteiger partial charge >= 0.3 is 0 Å². The Morgan fingerprint density at radius 2 is 1.95 bits per heavy atom. The highest BCUT2D eigenvalue weighted by atomic mass is 15.3. The number of aromatic nitrogens is 4. The minimum Gasteiger partial charge on any atom is -0.307 e. The molecule has 3 aromatic rings. The summed E-state index contributed by atoms with van der Waals surface area (Å²) in [6, 6.07) is 12.1. The van der Waals surface area contributed by atoms with Gasteiger partial charge in [0.15, 0.2) is 0 Å². The lowest BCUT2D eigenvalue weighted by atomic mass is 10.3. The van der Waals surface area contributed by atoms with E-state index >= 15 is 0 Å². The highest BCUT2D eigenvalue weighted by Gasteiger charge is 2.01. The van der Waals surface area contributed by atoms with Crippen LogP contribution in [0.1, 0.15) is 11.3 Å². The Balaban J connectivity index is 1.58. The molecule has 0 fully saturated rings. The largest absolute Gasteiger partial charge is 0.307 e. The van der Waals surface area contributed by atoms with E-state index in [2.05, 4.69) is 15.5 Å².